The fourth-order valence-electron chi connectivity index (χ4n) is 2.43. The van der Waals surface area contributed by atoms with Gasteiger partial charge in [-0.25, -0.2) is 0 Å². The molecule has 6 nitrogen and oxygen atoms in total. The van der Waals surface area contributed by atoms with Gasteiger partial charge in [0.25, 0.3) is 0 Å². The maximum Gasteiger partial charge on any atom is 0.229 e. The Bertz CT molecular complexity index is 573. The summed E-state index contributed by atoms with van der Waals surface area (Å²) < 4.78 is 5.36. The van der Waals surface area contributed by atoms with Crippen LogP contribution < -0.4 is 5.32 Å². The lowest BCUT2D eigenvalue weighted by molar-refractivity contribution is 0.318. The Labute approximate surface area is 116 Å². The summed E-state index contributed by atoms with van der Waals surface area (Å²) >= 11 is 0. The van der Waals surface area contributed by atoms with Crippen LogP contribution in [-0.2, 0) is 6.42 Å². The molecular formula is C14H16N4O2. The number of nitrogens with one attached hydrogen (secondary N) is 1. The van der Waals surface area contributed by atoms with Crippen LogP contribution in [0.2, 0.25) is 0 Å². The first kappa shape index (κ1) is 12.9. The molecule has 6 heteroatoms. The van der Waals surface area contributed by atoms with Crippen molar-refractivity contribution in [2.75, 3.05) is 13.1 Å². The number of aromatic nitrogens is 2. The molecule has 0 aliphatic carbocycles. The Morgan fingerprint density at radius 3 is 2.70 bits per heavy atom. The van der Waals surface area contributed by atoms with Gasteiger partial charge < -0.3 is 9.84 Å². The van der Waals surface area contributed by atoms with Gasteiger partial charge in [0, 0.05) is 12.3 Å². The van der Waals surface area contributed by atoms with E-state index in [2.05, 4.69) is 20.6 Å². The van der Waals surface area contributed by atoms with Gasteiger partial charge in [0.15, 0.2) is 5.82 Å². The van der Waals surface area contributed by atoms with Gasteiger partial charge in [-0.1, -0.05) is 17.3 Å². The summed E-state index contributed by atoms with van der Waals surface area (Å²) in [5.41, 5.74) is 1.47. The van der Waals surface area contributed by atoms with Crippen LogP contribution in [0.5, 0.6) is 0 Å². The van der Waals surface area contributed by atoms with E-state index in [1.165, 1.54) is 0 Å². The number of benzene rings is 1. The molecule has 1 aliphatic rings. The van der Waals surface area contributed by atoms with E-state index in [0.717, 1.165) is 37.4 Å². The first-order chi connectivity index (χ1) is 9.85. The van der Waals surface area contributed by atoms with Crippen molar-refractivity contribution in [3.63, 3.8) is 0 Å². The molecule has 1 fully saturated rings. The van der Waals surface area contributed by atoms with Crippen LogP contribution in [0.1, 0.15) is 36.0 Å². The first-order valence-electron chi connectivity index (χ1n) is 6.80. The van der Waals surface area contributed by atoms with Crippen molar-refractivity contribution in [3.8, 4) is 0 Å². The van der Waals surface area contributed by atoms with E-state index in [-0.39, 0.29) is 0 Å². The van der Waals surface area contributed by atoms with E-state index in [0.29, 0.717) is 23.9 Å². The summed E-state index contributed by atoms with van der Waals surface area (Å²) in [5.74, 6) is 1.80. The predicted octanol–water partition coefficient (Wildman–Crippen LogP) is 2.53. The van der Waals surface area contributed by atoms with Crippen LogP contribution in [0.3, 0.4) is 0 Å². The van der Waals surface area contributed by atoms with Crippen molar-refractivity contribution in [3.05, 3.63) is 46.5 Å². The molecule has 104 valence electrons. The third kappa shape index (κ3) is 2.91. The van der Waals surface area contributed by atoms with Crippen molar-refractivity contribution >= 4 is 5.69 Å². The molecule has 0 radical (unpaired) electrons. The Kier molecular flexibility index (Phi) is 3.83. The van der Waals surface area contributed by atoms with Crippen LogP contribution in [0, 0.1) is 4.91 Å². The molecule has 1 aromatic carbocycles. The zero-order valence-electron chi connectivity index (χ0n) is 11.1. The van der Waals surface area contributed by atoms with Crippen molar-refractivity contribution in [1.82, 2.24) is 15.5 Å². The normalized spacial score (nSPS) is 16.2. The molecule has 2 aromatic rings. The molecule has 3 rings (SSSR count). The van der Waals surface area contributed by atoms with Crippen LogP contribution in [0.4, 0.5) is 5.69 Å². The standard InChI is InChI=1S/C14H16N4O2/c19-17-12-3-1-10(2-4-12)9-13-16-14(20-18-13)11-5-7-15-8-6-11/h1-4,11,15H,5-9H2. The number of nitroso groups, excluding NO2 is 1. The maximum absolute atomic E-state index is 10.4. The minimum absolute atomic E-state index is 0.374. The molecule has 1 N–H and O–H groups in total. The molecule has 1 aromatic heterocycles. The van der Waals surface area contributed by atoms with Gasteiger partial charge in [0.05, 0.1) is 0 Å². The second kappa shape index (κ2) is 5.92. The Morgan fingerprint density at radius 2 is 2.00 bits per heavy atom. The zero-order chi connectivity index (χ0) is 13.8. The molecule has 0 spiro atoms. The van der Waals surface area contributed by atoms with E-state index < -0.39 is 0 Å². The molecule has 0 atom stereocenters. The third-order valence-electron chi connectivity index (χ3n) is 3.58. The van der Waals surface area contributed by atoms with Crippen molar-refractivity contribution in [2.45, 2.75) is 25.2 Å². The van der Waals surface area contributed by atoms with Crippen LogP contribution in [0.25, 0.3) is 0 Å². The molecule has 1 aliphatic heterocycles. The third-order valence-corrected chi connectivity index (χ3v) is 3.58. The van der Waals surface area contributed by atoms with E-state index in [9.17, 15) is 4.91 Å². The summed E-state index contributed by atoms with van der Waals surface area (Å²) in [6.45, 7) is 2.01. The first-order valence-corrected chi connectivity index (χ1v) is 6.80. The highest BCUT2D eigenvalue weighted by molar-refractivity contribution is 5.39. The van der Waals surface area contributed by atoms with Crippen molar-refractivity contribution in [2.24, 2.45) is 5.18 Å². The average Bonchev–Trinajstić information content (AvgIpc) is 2.97. The second-order valence-electron chi connectivity index (χ2n) is 5.01. The van der Waals surface area contributed by atoms with E-state index >= 15 is 0 Å². The predicted molar refractivity (Wildman–Crippen MR) is 73.8 cm³/mol. The van der Waals surface area contributed by atoms with E-state index in [1.807, 2.05) is 12.1 Å². The smallest absolute Gasteiger partial charge is 0.229 e. The molecule has 0 saturated carbocycles. The van der Waals surface area contributed by atoms with Gasteiger partial charge >= 0.3 is 0 Å². The largest absolute Gasteiger partial charge is 0.339 e. The van der Waals surface area contributed by atoms with E-state index in [1.54, 1.807) is 12.1 Å². The van der Waals surface area contributed by atoms with Crippen LogP contribution in [-0.4, -0.2) is 23.2 Å². The number of piperidine rings is 1. The van der Waals surface area contributed by atoms with Crippen LogP contribution >= 0.6 is 0 Å². The second-order valence-corrected chi connectivity index (χ2v) is 5.01. The average molecular weight is 272 g/mol. The highest BCUT2D eigenvalue weighted by Crippen LogP contribution is 2.24. The lowest BCUT2D eigenvalue weighted by atomic mass is 9.98. The molecule has 0 bridgehead atoms. The van der Waals surface area contributed by atoms with Gasteiger partial charge in [-0.2, -0.15) is 4.98 Å². The van der Waals surface area contributed by atoms with Gasteiger partial charge in [0.1, 0.15) is 5.69 Å². The summed E-state index contributed by atoms with van der Waals surface area (Å²) in [6, 6.07) is 7.10. The van der Waals surface area contributed by atoms with Gasteiger partial charge in [-0.15, -0.1) is 4.91 Å². The highest BCUT2D eigenvalue weighted by Gasteiger charge is 2.21. The maximum atomic E-state index is 10.4. The molecule has 1 saturated heterocycles. The van der Waals surface area contributed by atoms with Gasteiger partial charge in [-0.3, -0.25) is 0 Å². The summed E-state index contributed by atoms with van der Waals surface area (Å²) in [6.07, 6.45) is 2.69. The van der Waals surface area contributed by atoms with Crippen molar-refractivity contribution in [1.29, 1.82) is 0 Å². The van der Waals surface area contributed by atoms with Crippen molar-refractivity contribution < 1.29 is 4.52 Å². The minimum Gasteiger partial charge on any atom is -0.339 e. The lowest BCUT2D eigenvalue weighted by Gasteiger charge is -2.18. The number of hydrogen-bond donors (Lipinski definition) is 1. The summed E-state index contributed by atoms with van der Waals surface area (Å²) in [7, 11) is 0. The molecule has 2 heterocycles. The number of rotatable bonds is 4. The fraction of sp³-hybridized carbons (Fsp3) is 0.429. The molecule has 20 heavy (non-hydrogen) atoms. The SMILES string of the molecule is O=Nc1ccc(Cc2noc(C3CCNCC3)n2)cc1. The van der Waals surface area contributed by atoms with Gasteiger partial charge in [-0.05, 0) is 48.8 Å². The topological polar surface area (TPSA) is 80.4 Å². The monoisotopic (exact) mass is 272 g/mol. The highest BCUT2D eigenvalue weighted by atomic mass is 16.5. The molecular weight excluding hydrogens is 256 g/mol. The van der Waals surface area contributed by atoms with E-state index in [4.69, 9.17) is 4.52 Å². The molecule has 0 amide bonds. The van der Waals surface area contributed by atoms with Gasteiger partial charge in [0.2, 0.25) is 5.89 Å². The number of nitrogens with zero attached hydrogens (tertiary/aromatic N) is 3. The van der Waals surface area contributed by atoms with Crippen LogP contribution in [0.15, 0.2) is 34.0 Å². The quantitative estimate of drug-likeness (QED) is 0.865. The summed E-state index contributed by atoms with van der Waals surface area (Å²) in [4.78, 5) is 14.8. The molecule has 0 unspecified atom stereocenters. The Hall–Kier alpha value is -2.08. The fourth-order valence-corrected chi connectivity index (χ4v) is 2.43. The number of hydrogen-bond acceptors (Lipinski definition) is 6. The zero-order valence-corrected chi connectivity index (χ0v) is 11.1. The lowest BCUT2D eigenvalue weighted by Crippen LogP contribution is -2.26. The minimum atomic E-state index is 0.374. The Morgan fingerprint density at radius 1 is 1.25 bits per heavy atom. The Balaban J connectivity index is 1.68. The summed E-state index contributed by atoms with van der Waals surface area (Å²) in [5, 5.41) is 10.2.